The minimum Gasteiger partial charge on any atom is -0.368 e. The maximum Gasteiger partial charge on any atom is 0.239 e. The van der Waals surface area contributed by atoms with Crippen LogP contribution in [0.5, 0.6) is 0 Å². The van der Waals surface area contributed by atoms with E-state index in [-0.39, 0.29) is 5.91 Å². The number of hydrogen-bond acceptors (Lipinski definition) is 3. The molecule has 0 bridgehead atoms. The van der Waals surface area contributed by atoms with Crippen LogP contribution in [0, 0.1) is 11.3 Å². The third kappa shape index (κ3) is 2.73. The molecule has 1 atom stereocenters. The summed E-state index contributed by atoms with van der Waals surface area (Å²) in [6, 6.07) is 0. The highest BCUT2D eigenvalue weighted by Gasteiger charge is 2.48. The maximum absolute atomic E-state index is 11.7. The van der Waals surface area contributed by atoms with Gasteiger partial charge in [-0.15, -0.1) is 0 Å². The molecule has 3 rings (SSSR count). The Morgan fingerprint density at radius 2 is 1.70 bits per heavy atom. The summed E-state index contributed by atoms with van der Waals surface area (Å²) in [5.41, 5.74) is 11.7. The number of rotatable bonds is 4. The summed E-state index contributed by atoms with van der Waals surface area (Å²) in [5, 5.41) is 0. The van der Waals surface area contributed by atoms with E-state index >= 15 is 0 Å². The SMILES string of the molecule is NC(=O)C(N)(CN1CCC2(CCCCC2)CC1)C1CC1. The van der Waals surface area contributed by atoms with Crippen molar-refractivity contribution in [1.29, 1.82) is 0 Å². The first-order valence-corrected chi connectivity index (χ1v) is 8.35. The lowest BCUT2D eigenvalue weighted by Crippen LogP contribution is -2.61. The topological polar surface area (TPSA) is 72.3 Å². The molecule has 1 saturated heterocycles. The van der Waals surface area contributed by atoms with Crippen molar-refractivity contribution in [3.63, 3.8) is 0 Å². The van der Waals surface area contributed by atoms with Crippen molar-refractivity contribution in [3.05, 3.63) is 0 Å². The van der Waals surface area contributed by atoms with Gasteiger partial charge in [0, 0.05) is 6.54 Å². The number of hydrogen-bond donors (Lipinski definition) is 2. The van der Waals surface area contributed by atoms with Crippen molar-refractivity contribution in [3.8, 4) is 0 Å². The Hall–Kier alpha value is -0.610. The molecular weight excluding hydrogens is 250 g/mol. The molecule has 0 aromatic heterocycles. The zero-order chi connectivity index (χ0) is 14.2. The minimum absolute atomic E-state index is 0.307. The number of nitrogens with two attached hydrogens (primary N) is 2. The maximum atomic E-state index is 11.7. The number of nitrogens with zero attached hydrogens (tertiary/aromatic N) is 1. The molecule has 1 unspecified atom stereocenters. The van der Waals surface area contributed by atoms with Gasteiger partial charge in [-0.1, -0.05) is 19.3 Å². The molecule has 0 radical (unpaired) electrons. The van der Waals surface area contributed by atoms with Gasteiger partial charge in [0.25, 0.3) is 0 Å². The second kappa shape index (κ2) is 5.30. The molecule has 3 aliphatic rings. The smallest absolute Gasteiger partial charge is 0.239 e. The van der Waals surface area contributed by atoms with Crippen LogP contribution < -0.4 is 11.5 Å². The predicted octanol–water partition coefficient (Wildman–Crippen LogP) is 1.63. The van der Waals surface area contributed by atoms with Gasteiger partial charge >= 0.3 is 0 Å². The van der Waals surface area contributed by atoms with E-state index in [0.29, 0.717) is 17.9 Å². The summed E-state index contributed by atoms with van der Waals surface area (Å²) < 4.78 is 0. The van der Waals surface area contributed by atoms with Crippen LogP contribution in [0.15, 0.2) is 0 Å². The third-order valence-electron chi connectivity index (χ3n) is 6.08. The quantitative estimate of drug-likeness (QED) is 0.821. The standard InChI is InChI=1S/C16H29N3O/c17-14(20)16(18,13-4-5-13)12-19-10-8-15(9-11-19)6-2-1-3-7-15/h13H,1-12,18H2,(H2,17,20). The molecule has 20 heavy (non-hydrogen) atoms. The van der Waals surface area contributed by atoms with Crippen LogP contribution in [0.25, 0.3) is 0 Å². The monoisotopic (exact) mass is 279 g/mol. The molecule has 1 amide bonds. The predicted molar refractivity (Wildman–Crippen MR) is 80.0 cm³/mol. The molecule has 1 heterocycles. The lowest BCUT2D eigenvalue weighted by atomic mass is 9.68. The van der Waals surface area contributed by atoms with Gasteiger partial charge in [-0.05, 0) is 62.9 Å². The minimum atomic E-state index is -0.781. The van der Waals surface area contributed by atoms with Crippen LogP contribution in [0.1, 0.15) is 57.8 Å². The van der Waals surface area contributed by atoms with Crippen LogP contribution in [0.4, 0.5) is 0 Å². The van der Waals surface area contributed by atoms with Crippen LogP contribution in [-0.2, 0) is 4.79 Å². The molecule has 114 valence electrons. The number of carbonyl (C=O) groups is 1. The highest BCUT2D eigenvalue weighted by Crippen LogP contribution is 2.45. The largest absolute Gasteiger partial charge is 0.368 e. The van der Waals surface area contributed by atoms with E-state index in [9.17, 15) is 4.79 Å². The van der Waals surface area contributed by atoms with Crippen LogP contribution in [-0.4, -0.2) is 36.0 Å². The first kappa shape index (κ1) is 14.3. The number of likely N-dealkylation sites (tertiary alicyclic amines) is 1. The van der Waals surface area contributed by atoms with E-state index in [2.05, 4.69) is 4.90 Å². The molecule has 0 aromatic rings. The van der Waals surface area contributed by atoms with Gasteiger partial charge < -0.3 is 16.4 Å². The van der Waals surface area contributed by atoms with Crippen molar-refractivity contribution in [2.45, 2.75) is 63.3 Å². The molecule has 1 spiro atoms. The van der Waals surface area contributed by atoms with E-state index in [1.807, 2.05) is 0 Å². The Balaban J connectivity index is 1.56. The molecule has 2 aliphatic carbocycles. The van der Waals surface area contributed by atoms with Gasteiger partial charge in [0.05, 0.1) is 0 Å². The second-order valence-corrected chi connectivity index (χ2v) is 7.52. The average Bonchev–Trinajstić information content (AvgIpc) is 3.27. The summed E-state index contributed by atoms with van der Waals surface area (Å²) in [7, 11) is 0. The van der Waals surface area contributed by atoms with Crippen molar-refractivity contribution in [2.24, 2.45) is 22.8 Å². The molecule has 4 N–H and O–H groups in total. The van der Waals surface area contributed by atoms with Gasteiger partial charge in [0.1, 0.15) is 5.54 Å². The normalized spacial score (nSPS) is 30.1. The van der Waals surface area contributed by atoms with Crippen molar-refractivity contribution >= 4 is 5.91 Å². The number of piperidine rings is 1. The van der Waals surface area contributed by atoms with E-state index in [1.165, 1.54) is 44.9 Å². The van der Waals surface area contributed by atoms with Crippen molar-refractivity contribution < 1.29 is 4.79 Å². The molecule has 3 fully saturated rings. The Kier molecular flexibility index (Phi) is 3.80. The van der Waals surface area contributed by atoms with Crippen molar-refractivity contribution in [2.75, 3.05) is 19.6 Å². The van der Waals surface area contributed by atoms with E-state index in [1.54, 1.807) is 0 Å². The Morgan fingerprint density at radius 1 is 1.10 bits per heavy atom. The third-order valence-corrected chi connectivity index (χ3v) is 6.08. The first-order valence-electron chi connectivity index (χ1n) is 8.35. The van der Waals surface area contributed by atoms with E-state index in [0.717, 1.165) is 25.9 Å². The summed E-state index contributed by atoms with van der Waals surface area (Å²) in [4.78, 5) is 14.1. The first-order chi connectivity index (χ1) is 9.54. The Labute approximate surface area is 122 Å². The molecule has 4 heteroatoms. The zero-order valence-corrected chi connectivity index (χ0v) is 12.6. The molecule has 4 nitrogen and oxygen atoms in total. The molecular formula is C16H29N3O. The van der Waals surface area contributed by atoms with Gasteiger partial charge in [0.2, 0.25) is 5.91 Å². The van der Waals surface area contributed by atoms with Crippen LogP contribution in [0.2, 0.25) is 0 Å². The fourth-order valence-electron chi connectivity index (χ4n) is 4.36. The van der Waals surface area contributed by atoms with Gasteiger partial charge in [-0.2, -0.15) is 0 Å². The van der Waals surface area contributed by atoms with Gasteiger partial charge in [-0.3, -0.25) is 4.79 Å². The fourth-order valence-corrected chi connectivity index (χ4v) is 4.36. The summed E-state index contributed by atoms with van der Waals surface area (Å²) in [6.07, 6.45) is 11.8. The number of carbonyl (C=O) groups excluding carboxylic acids is 1. The van der Waals surface area contributed by atoms with Crippen LogP contribution in [0.3, 0.4) is 0 Å². The Bertz CT molecular complexity index is 364. The highest BCUT2D eigenvalue weighted by molar-refractivity contribution is 5.85. The van der Waals surface area contributed by atoms with Gasteiger partial charge in [-0.25, -0.2) is 0 Å². The Morgan fingerprint density at radius 3 is 2.20 bits per heavy atom. The lowest BCUT2D eigenvalue weighted by molar-refractivity contribution is -0.125. The summed E-state index contributed by atoms with van der Waals surface area (Å²) in [6.45, 7) is 2.86. The summed E-state index contributed by atoms with van der Waals surface area (Å²) >= 11 is 0. The van der Waals surface area contributed by atoms with E-state index < -0.39 is 5.54 Å². The second-order valence-electron chi connectivity index (χ2n) is 7.52. The zero-order valence-electron chi connectivity index (χ0n) is 12.6. The van der Waals surface area contributed by atoms with Crippen molar-refractivity contribution in [1.82, 2.24) is 4.90 Å². The molecule has 0 aromatic carbocycles. The lowest BCUT2D eigenvalue weighted by Gasteiger charge is -2.46. The summed E-state index contributed by atoms with van der Waals surface area (Å²) in [5.74, 6) is 0.0171. The number of amides is 1. The van der Waals surface area contributed by atoms with Crippen LogP contribution >= 0.6 is 0 Å². The molecule has 2 saturated carbocycles. The van der Waals surface area contributed by atoms with E-state index in [4.69, 9.17) is 11.5 Å². The fraction of sp³-hybridized carbons (Fsp3) is 0.938. The average molecular weight is 279 g/mol. The highest BCUT2D eigenvalue weighted by atomic mass is 16.1. The molecule has 1 aliphatic heterocycles. The number of primary amides is 1. The van der Waals surface area contributed by atoms with Gasteiger partial charge in [0.15, 0.2) is 0 Å².